The van der Waals surface area contributed by atoms with Crippen molar-refractivity contribution in [1.29, 1.82) is 0 Å². The fourth-order valence-corrected chi connectivity index (χ4v) is 3.30. The van der Waals surface area contributed by atoms with Gasteiger partial charge in [-0.3, -0.25) is 0 Å². The lowest BCUT2D eigenvalue weighted by atomic mass is 10.1. The Morgan fingerprint density at radius 3 is 2.52 bits per heavy atom. The second-order valence-electron chi connectivity index (χ2n) is 4.89. The minimum atomic E-state index is -3.19. The van der Waals surface area contributed by atoms with Crippen LogP contribution in [-0.4, -0.2) is 32.9 Å². The van der Waals surface area contributed by atoms with Crippen LogP contribution in [0.25, 0.3) is 0 Å². The van der Waals surface area contributed by atoms with Crippen molar-refractivity contribution >= 4 is 21.2 Å². The highest BCUT2D eigenvalue weighted by Gasteiger charge is 2.10. The number of thiophene rings is 1. The molecular weight excluding hydrogens is 306 g/mol. The molecule has 0 saturated carbocycles. The average Bonchev–Trinajstić information content (AvgIpc) is 2.96. The van der Waals surface area contributed by atoms with Crippen LogP contribution in [0.5, 0.6) is 0 Å². The molecule has 0 aliphatic rings. The lowest BCUT2D eigenvalue weighted by Crippen LogP contribution is -2.23. The Bertz CT molecular complexity index is 649. The van der Waals surface area contributed by atoms with Crippen molar-refractivity contribution in [3.8, 4) is 0 Å². The quantitative estimate of drug-likeness (QED) is 0.764. The van der Waals surface area contributed by atoms with Gasteiger partial charge in [0.15, 0.2) is 9.84 Å². The highest BCUT2D eigenvalue weighted by molar-refractivity contribution is 7.90. The monoisotopic (exact) mass is 325 g/mol. The van der Waals surface area contributed by atoms with Crippen LogP contribution in [0.2, 0.25) is 0 Å². The van der Waals surface area contributed by atoms with Gasteiger partial charge >= 0.3 is 0 Å². The van der Waals surface area contributed by atoms with Crippen LogP contribution < -0.4 is 5.32 Å². The maximum Gasteiger partial charge on any atom is 0.175 e. The summed E-state index contributed by atoms with van der Waals surface area (Å²) in [5.74, 6) is 0. The zero-order valence-corrected chi connectivity index (χ0v) is 13.5. The fourth-order valence-electron chi connectivity index (χ4n) is 1.96. The molecule has 0 spiro atoms. The van der Waals surface area contributed by atoms with Crippen LogP contribution in [0, 0.1) is 0 Å². The summed E-state index contributed by atoms with van der Waals surface area (Å²) in [4.78, 5) is 1.58. The summed E-state index contributed by atoms with van der Waals surface area (Å²) in [6, 6.07) is 10.5. The molecule has 0 radical (unpaired) electrons. The molecule has 6 heteroatoms. The van der Waals surface area contributed by atoms with E-state index in [1.807, 2.05) is 11.4 Å². The van der Waals surface area contributed by atoms with Crippen LogP contribution in [0.4, 0.5) is 0 Å². The van der Waals surface area contributed by atoms with Gasteiger partial charge in [0.05, 0.1) is 11.0 Å². The first kappa shape index (κ1) is 16.2. The number of nitrogens with one attached hydrogen (secondary N) is 1. The van der Waals surface area contributed by atoms with Crippen LogP contribution in [0.15, 0.2) is 46.7 Å². The second-order valence-corrected chi connectivity index (χ2v) is 7.94. The summed E-state index contributed by atoms with van der Waals surface area (Å²) in [5, 5.41) is 15.3. The van der Waals surface area contributed by atoms with Gasteiger partial charge in [-0.15, -0.1) is 11.3 Å². The van der Waals surface area contributed by atoms with Crippen LogP contribution >= 0.6 is 11.3 Å². The van der Waals surface area contributed by atoms with E-state index in [0.717, 1.165) is 13.0 Å². The van der Waals surface area contributed by atoms with Crippen molar-refractivity contribution < 1.29 is 13.5 Å². The predicted molar refractivity (Wildman–Crippen MR) is 85.4 cm³/mol. The molecule has 0 fully saturated rings. The highest BCUT2D eigenvalue weighted by atomic mass is 32.2. The van der Waals surface area contributed by atoms with E-state index in [4.69, 9.17) is 0 Å². The normalized spacial score (nSPS) is 13.2. The van der Waals surface area contributed by atoms with Gasteiger partial charge in [-0.05, 0) is 35.6 Å². The van der Waals surface area contributed by atoms with E-state index in [2.05, 4.69) is 11.4 Å². The minimum Gasteiger partial charge on any atom is -0.387 e. The molecular formula is C15H19NO3S2. The van der Waals surface area contributed by atoms with E-state index >= 15 is 0 Å². The molecule has 0 saturated heterocycles. The number of hydrogen-bond donors (Lipinski definition) is 2. The number of aliphatic hydroxyl groups excluding tert-OH is 1. The predicted octanol–water partition coefficient (Wildman–Crippen LogP) is 2.02. The molecule has 0 bridgehead atoms. The molecule has 4 nitrogen and oxygen atoms in total. The number of aliphatic hydroxyl groups is 1. The third kappa shape index (κ3) is 4.93. The number of sulfone groups is 1. The van der Waals surface area contributed by atoms with Gasteiger partial charge in [-0.1, -0.05) is 18.2 Å². The molecule has 1 aromatic carbocycles. The second kappa shape index (κ2) is 7.17. The van der Waals surface area contributed by atoms with Crippen molar-refractivity contribution in [3.05, 3.63) is 52.2 Å². The molecule has 1 heterocycles. The topological polar surface area (TPSA) is 66.4 Å². The Morgan fingerprint density at radius 2 is 1.95 bits per heavy atom. The van der Waals surface area contributed by atoms with Gasteiger partial charge in [0.2, 0.25) is 0 Å². The Morgan fingerprint density at radius 1 is 1.24 bits per heavy atom. The summed E-state index contributed by atoms with van der Waals surface area (Å²) in [6.07, 6.45) is 1.48. The first-order valence-electron chi connectivity index (χ1n) is 6.68. The number of rotatable bonds is 7. The van der Waals surface area contributed by atoms with E-state index < -0.39 is 15.9 Å². The zero-order chi connectivity index (χ0) is 15.3. The van der Waals surface area contributed by atoms with Gasteiger partial charge in [0.1, 0.15) is 0 Å². The maximum atomic E-state index is 11.4. The lowest BCUT2D eigenvalue weighted by molar-refractivity contribution is 0.175. The highest BCUT2D eigenvalue weighted by Crippen LogP contribution is 2.16. The van der Waals surface area contributed by atoms with Crippen molar-refractivity contribution in [2.45, 2.75) is 17.4 Å². The summed E-state index contributed by atoms with van der Waals surface area (Å²) < 4.78 is 22.7. The molecule has 21 heavy (non-hydrogen) atoms. The Kier molecular flexibility index (Phi) is 5.52. The zero-order valence-electron chi connectivity index (χ0n) is 11.8. The molecule has 0 aliphatic carbocycles. The van der Waals surface area contributed by atoms with E-state index in [1.165, 1.54) is 23.3 Å². The average molecular weight is 325 g/mol. The van der Waals surface area contributed by atoms with E-state index in [-0.39, 0.29) is 4.90 Å². The molecule has 0 amide bonds. The van der Waals surface area contributed by atoms with E-state index in [1.54, 1.807) is 23.5 Å². The van der Waals surface area contributed by atoms with Gasteiger partial charge in [-0.25, -0.2) is 8.42 Å². The molecule has 1 aromatic heterocycles. The summed E-state index contributed by atoms with van der Waals surface area (Å²) in [6.45, 7) is 1.25. The van der Waals surface area contributed by atoms with Crippen molar-refractivity contribution in [1.82, 2.24) is 5.32 Å². The molecule has 1 atom stereocenters. The fraction of sp³-hybridized carbons (Fsp3) is 0.333. The number of benzene rings is 1. The summed E-state index contributed by atoms with van der Waals surface area (Å²) >= 11 is 1.72. The maximum absolute atomic E-state index is 11.4. The van der Waals surface area contributed by atoms with Crippen LogP contribution in [0.1, 0.15) is 16.5 Å². The van der Waals surface area contributed by atoms with Crippen molar-refractivity contribution in [3.63, 3.8) is 0 Å². The van der Waals surface area contributed by atoms with Crippen molar-refractivity contribution in [2.75, 3.05) is 19.3 Å². The van der Waals surface area contributed by atoms with Gasteiger partial charge in [0.25, 0.3) is 0 Å². The Labute approximate surface area is 129 Å². The standard InChI is InChI=1S/C15H19NO3S2/c1-21(18,19)14-6-4-12(5-7-14)15(17)11-16-9-8-13-3-2-10-20-13/h2-7,10,15-17H,8-9,11H2,1H3/t15-/m1/s1. The van der Waals surface area contributed by atoms with Crippen LogP contribution in [0.3, 0.4) is 0 Å². The molecule has 0 unspecified atom stereocenters. The molecule has 2 aromatic rings. The Hall–Kier alpha value is -1.21. The first-order valence-corrected chi connectivity index (χ1v) is 9.45. The Balaban J connectivity index is 1.81. The largest absolute Gasteiger partial charge is 0.387 e. The molecule has 114 valence electrons. The minimum absolute atomic E-state index is 0.268. The first-order chi connectivity index (χ1) is 9.97. The third-order valence-electron chi connectivity index (χ3n) is 3.16. The van der Waals surface area contributed by atoms with E-state index in [9.17, 15) is 13.5 Å². The van der Waals surface area contributed by atoms with Gasteiger partial charge in [-0.2, -0.15) is 0 Å². The van der Waals surface area contributed by atoms with Gasteiger partial charge in [0, 0.05) is 24.2 Å². The van der Waals surface area contributed by atoms with Gasteiger partial charge < -0.3 is 10.4 Å². The number of hydrogen-bond acceptors (Lipinski definition) is 5. The van der Waals surface area contributed by atoms with Crippen molar-refractivity contribution in [2.24, 2.45) is 0 Å². The third-order valence-corrected chi connectivity index (χ3v) is 5.22. The SMILES string of the molecule is CS(=O)(=O)c1ccc([C@H](O)CNCCc2cccs2)cc1. The van der Waals surface area contributed by atoms with E-state index in [0.29, 0.717) is 12.1 Å². The lowest BCUT2D eigenvalue weighted by Gasteiger charge is -2.12. The molecule has 2 N–H and O–H groups in total. The smallest absolute Gasteiger partial charge is 0.175 e. The molecule has 2 rings (SSSR count). The summed E-state index contributed by atoms with van der Waals surface area (Å²) in [7, 11) is -3.19. The van der Waals surface area contributed by atoms with Crippen LogP contribution in [-0.2, 0) is 16.3 Å². The summed E-state index contributed by atoms with van der Waals surface area (Å²) in [5.41, 5.74) is 0.714. The molecule has 0 aliphatic heterocycles.